The number of hydrogen-bond acceptors (Lipinski definition) is 0. The molecule has 1 atom stereocenters. The molecule has 0 radical (unpaired) electrons. The van der Waals surface area contributed by atoms with Gasteiger partial charge in [-0.1, -0.05) is 59.7 Å². The summed E-state index contributed by atoms with van der Waals surface area (Å²) in [6, 6.07) is 6.85. The summed E-state index contributed by atoms with van der Waals surface area (Å²) in [4.78, 5) is 0. The molecule has 1 aromatic carbocycles. The third-order valence-corrected chi connectivity index (χ3v) is 6.21. The minimum Gasteiger partial charge on any atom is -0.117 e. The van der Waals surface area contributed by atoms with Crippen molar-refractivity contribution in [1.29, 1.82) is 0 Å². The number of benzene rings is 1. The average Bonchev–Trinajstić information content (AvgIpc) is 2.78. The molecule has 0 saturated heterocycles. The van der Waals surface area contributed by atoms with E-state index < -0.39 is 0 Å². The highest BCUT2D eigenvalue weighted by Gasteiger charge is 2.67. The molecule has 1 unspecified atom stereocenters. The minimum absolute atomic E-state index is 0.145. The molecule has 1 aliphatic carbocycles. The van der Waals surface area contributed by atoms with Crippen molar-refractivity contribution in [1.82, 2.24) is 0 Å². The quantitative estimate of drug-likeness (QED) is 0.613. The van der Waals surface area contributed by atoms with Crippen LogP contribution in [0, 0.1) is 16.7 Å². The molecule has 1 fully saturated rings. The summed E-state index contributed by atoms with van der Waals surface area (Å²) in [5, 5.41) is 0.145. The Bertz CT molecular complexity index is 457. The van der Waals surface area contributed by atoms with E-state index >= 15 is 0 Å². The van der Waals surface area contributed by atoms with Crippen molar-refractivity contribution in [2.45, 2.75) is 59.8 Å². The Morgan fingerprint density at radius 1 is 1.05 bits per heavy atom. The first-order valence-corrected chi connectivity index (χ1v) is 7.96. The predicted molar refractivity (Wildman–Crippen MR) is 84.8 cm³/mol. The third kappa shape index (κ3) is 2.23. The van der Waals surface area contributed by atoms with Crippen molar-refractivity contribution in [2.75, 3.05) is 0 Å². The molecule has 0 nitrogen and oxygen atoms in total. The van der Waals surface area contributed by atoms with Crippen LogP contribution in [0.25, 0.3) is 0 Å². The molecule has 0 spiro atoms. The molecular weight excluding hydrogens is 252 g/mol. The highest BCUT2D eigenvalue weighted by molar-refractivity contribution is 6.21. The minimum atomic E-state index is 0.145. The van der Waals surface area contributed by atoms with E-state index in [4.69, 9.17) is 11.6 Å². The first kappa shape index (κ1) is 14.9. The lowest BCUT2D eigenvalue weighted by Crippen LogP contribution is -2.04. The van der Waals surface area contributed by atoms with Gasteiger partial charge in [0.25, 0.3) is 0 Å². The summed E-state index contributed by atoms with van der Waals surface area (Å²) in [5.74, 6) is 0.569. The summed E-state index contributed by atoms with van der Waals surface area (Å²) in [6.07, 6.45) is 2.15. The van der Waals surface area contributed by atoms with Crippen LogP contribution in [0.4, 0.5) is 0 Å². The Morgan fingerprint density at radius 2 is 1.63 bits per heavy atom. The average molecular weight is 279 g/mol. The molecule has 2 rings (SSSR count). The fourth-order valence-electron chi connectivity index (χ4n) is 3.60. The fraction of sp³-hybridized carbons (Fsp3) is 0.667. The second-order valence-corrected chi connectivity index (χ2v) is 7.53. The van der Waals surface area contributed by atoms with Crippen LogP contribution in [0.3, 0.4) is 0 Å². The standard InChI is InChI=1S/C18H27Cl/c1-7-12-9-10-13(8-2)14(11-12)15(19)16-17(3,4)18(16,5)6/h9-11,15-16H,7-8H2,1-6H3. The van der Waals surface area contributed by atoms with Crippen LogP contribution in [0.2, 0.25) is 0 Å². The van der Waals surface area contributed by atoms with E-state index in [1.165, 1.54) is 16.7 Å². The second-order valence-electron chi connectivity index (χ2n) is 7.06. The molecule has 106 valence electrons. The van der Waals surface area contributed by atoms with Gasteiger partial charge in [-0.3, -0.25) is 0 Å². The van der Waals surface area contributed by atoms with E-state index in [1.54, 1.807) is 0 Å². The molecule has 1 aromatic rings. The van der Waals surface area contributed by atoms with Gasteiger partial charge in [-0.2, -0.15) is 0 Å². The van der Waals surface area contributed by atoms with Gasteiger partial charge in [0.2, 0.25) is 0 Å². The largest absolute Gasteiger partial charge is 0.117 e. The maximum Gasteiger partial charge on any atom is 0.0626 e. The normalized spacial score (nSPS) is 22.3. The first-order valence-electron chi connectivity index (χ1n) is 7.53. The number of aryl methyl sites for hydroxylation is 2. The molecule has 19 heavy (non-hydrogen) atoms. The number of alkyl halides is 1. The second kappa shape index (κ2) is 4.81. The highest BCUT2D eigenvalue weighted by atomic mass is 35.5. The lowest BCUT2D eigenvalue weighted by molar-refractivity contribution is 0.457. The number of rotatable bonds is 4. The van der Waals surface area contributed by atoms with Gasteiger partial charge in [0.1, 0.15) is 0 Å². The van der Waals surface area contributed by atoms with Crippen LogP contribution in [0.15, 0.2) is 18.2 Å². The van der Waals surface area contributed by atoms with E-state index in [-0.39, 0.29) is 5.38 Å². The molecular formula is C18H27Cl. The summed E-state index contributed by atoms with van der Waals surface area (Å²) < 4.78 is 0. The van der Waals surface area contributed by atoms with E-state index in [0.29, 0.717) is 16.7 Å². The Labute approximate surface area is 123 Å². The molecule has 0 aliphatic heterocycles. The Morgan fingerprint density at radius 3 is 2.05 bits per heavy atom. The van der Waals surface area contributed by atoms with Crippen molar-refractivity contribution in [2.24, 2.45) is 16.7 Å². The van der Waals surface area contributed by atoms with Crippen molar-refractivity contribution in [3.63, 3.8) is 0 Å². The van der Waals surface area contributed by atoms with Crippen LogP contribution in [0.5, 0.6) is 0 Å². The van der Waals surface area contributed by atoms with E-state index in [9.17, 15) is 0 Å². The van der Waals surface area contributed by atoms with Crippen LogP contribution in [-0.2, 0) is 12.8 Å². The molecule has 1 heteroatoms. The molecule has 0 N–H and O–H groups in total. The van der Waals surface area contributed by atoms with Gasteiger partial charge in [0, 0.05) is 0 Å². The van der Waals surface area contributed by atoms with E-state index in [1.807, 2.05) is 0 Å². The maximum absolute atomic E-state index is 6.89. The zero-order valence-electron chi connectivity index (χ0n) is 13.2. The monoisotopic (exact) mass is 278 g/mol. The topological polar surface area (TPSA) is 0 Å². The van der Waals surface area contributed by atoms with Crippen LogP contribution in [-0.4, -0.2) is 0 Å². The van der Waals surface area contributed by atoms with Crippen LogP contribution >= 0.6 is 11.6 Å². The zero-order valence-corrected chi connectivity index (χ0v) is 13.9. The molecule has 0 heterocycles. The Kier molecular flexibility index (Phi) is 3.77. The lowest BCUT2D eigenvalue weighted by Gasteiger charge is -2.17. The first-order chi connectivity index (χ1) is 8.77. The SMILES string of the molecule is CCc1ccc(CC)c(C(Cl)C2C(C)(C)C2(C)C)c1. The van der Waals surface area contributed by atoms with Gasteiger partial charge in [-0.25, -0.2) is 0 Å². The van der Waals surface area contributed by atoms with Crippen LogP contribution in [0.1, 0.15) is 63.6 Å². The molecule has 0 bridgehead atoms. The molecule has 1 aliphatic rings. The van der Waals surface area contributed by atoms with Crippen molar-refractivity contribution in [3.05, 3.63) is 34.9 Å². The van der Waals surface area contributed by atoms with Gasteiger partial charge in [0.15, 0.2) is 0 Å². The maximum atomic E-state index is 6.89. The fourth-order valence-corrected chi connectivity index (χ4v) is 4.43. The zero-order chi connectivity index (χ0) is 14.4. The summed E-state index contributed by atoms with van der Waals surface area (Å²) >= 11 is 6.89. The summed E-state index contributed by atoms with van der Waals surface area (Å²) in [7, 11) is 0. The summed E-state index contributed by atoms with van der Waals surface area (Å²) in [6.45, 7) is 13.8. The van der Waals surface area contributed by atoms with Crippen LogP contribution < -0.4 is 0 Å². The van der Waals surface area contributed by atoms with Gasteiger partial charge in [0.05, 0.1) is 5.38 Å². The smallest absolute Gasteiger partial charge is 0.0626 e. The van der Waals surface area contributed by atoms with Crippen molar-refractivity contribution >= 4 is 11.6 Å². The number of halogens is 1. The molecule has 1 saturated carbocycles. The van der Waals surface area contributed by atoms with Gasteiger partial charge >= 0.3 is 0 Å². The van der Waals surface area contributed by atoms with E-state index in [0.717, 1.165) is 12.8 Å². The van der Waals surface area contributed by atoms with E-state index in [2.05, 4.69) is 59.7 Å². The predicted octanol–water partition coefficient (Wildman–Crippen LogP) is 5.77. The van der Waals surface area contributed by atoms with Gasteiger partial charge in [-0.05, 0) is 46.3 Å². The van der Waals surface area contributed by atoms with Gasteiger partial charge < -0.3 is 0 Å². The lowest BCUT2D eigenvalue weighted by atomic mass is 9.94. The number of hydrogen-bond donors (Lipinski definition) is 0. The Balaban J connectivity index is 2.37. The van der Waals surface area contributed by atoms with Gasteiger partial charge in [-0.15, -0.1) is 11.6 Å². The molecule has 0 aromatic heterocycles. The summed E-state index contributed by atoms with van der Waals surface area (Å²) in [5.41, 5.74) is 4.86. The van der Waals surface area contributed by atoms with Crippen molar-refractivity contribution in [3.8, 4) is 0 Å². The highest BCUT2D eigenvalue weighted by Crippen LogP contribution is 2.73. The Hall–Kier alpha value is -0.490. The third-order valence-electron chi connectivity index (χ3n) is 5.72. The van der Waals surface area contributed by atoms with Crippen molar-refractivity contribution < 1.29 is 0 Å². The molecule has 0 amide bonds.